The molecule has 0 unspecified atom stereocenters. The molecule has 2 N–H and O–H groups in total. The summed E-state index contributed by atoms with van der Waals surface area (Å²) in [5, 5.41) is 15.6. The van der Waals surface area contributed by atoms with Crippen LogP contribution in [0, 0.1) is 11.8 Å². The molecule has 0 saturated carbocycles. The van der Waals surface area contributed by atoms with Crippen molar-refractivity contribution in [2.75, 3.05) is 6.61 Å². The summed E-state index contributed by atoms with van der Waals surface area (Å²) in [6, 6.07) is 3.60. The molecule has 0 radical (unpaired) electrons. The highest BCUT2D eigenvalue weighted by Gasteiger charge is 2.11. The first-order valence-corrected chi connectivity index (χ1v) is 7.52. The van der Waals surface area contributed by atoms with E-state index in [1.54, 1.807) is 11.4 Å². The number of aliphatic hydroxyl groups is 1. The van der Waals surface area contributed by atoms with Crippen LogP contribution >= 0.6 is 34.3 Å². The fourth-order valence-corrected chi connectivity index (χ4v) is 3.20. The van der Waals surface area contributed by atoms with E-state index in [1.165, 1.54) is 22.7 Å². The number of nitrogens with one attached hydrogen (secondary N) is 1. The average molecular weight is 312 g/mol. The minimum absolute atomic E-state index is 0.154. The summed E-state index contributed by atoms with van der Waals surface area (Å²) in [5.41, 5.74) is 0.845. The number of rotatable bonds is 3. The fourth-order valence-electron chi connectivity index (χ4n) is 1.38. The molecule has 2 rings (SSSR count). The van der Waals surface area contributed by atoms with Gasteiger partial charge in [-0.05, 0) is 17.5 Å². The van der Waals surface area contributed by atoms with Gasteiger partial charge in [-0.3, -0.25) is 4.79 Å². The van der Waals surface area contributed by atoms with E-state index in [4.69, 9.17) is 16.7 Å². The number of amides is 1. The topological polar surface area (TPSA) is 49.3 Å². The summed E-state index contributed by atoms with van der Waals surface area (Å²) < 4.78 is 0. The molecule has 0 bridgehead atoms. The van der Waals surface area contributed by atoms with E-state index in [0.29, 0.717) is 16.4 Å². The van der Waals surface area contributed by atoms with Crippen molar-refractivity contribution < 1.29 is 9.90 Å². The van der Waals surface area contributed by atoms with E-state index in [-0.39, 0.29) is 12.5 Å². The molecular weight excluding hydrogens is 302 g/mol. The third-order valence-corrected chi connectivity index (χ3v) is 4.49. The van der Waals surface area contributed by atoms with Gasteiger partial charge in [-0.2, -0.15) is 0 Å². The molecule has 0 atom stereocenters. The van der Waals surface area contributed by atoms with Crippen LogP contribution in [0.5, 0.6) is 0 Å². The van der Waals surface area contributed by atoms with E-state index < -0.39 is 0 Å². The summed E-state index contributed by atoms with van der Waals surface area (Å²) in [6.45, 7) is 0.289. The molecule has 0 fully saturated rings. The van der Waals surface area contributed by atoms with Gasteiger partial charge >= 0.3 is 0 Å². The van der Waals surface area contributed by atoms with Crippen LogP contribution < -0.4 is 5.32 Å². The smallest absolute Gasteiger partial charge is 0.263 e. The Balaban J connectivity index is 1.94. The molecule has 0 saturated heterocycles. The van der Waals surface area contributed by atoms with Gasteiger partial charge in [0.25, 0.3) is 5.91 Å². The molecular formula is C13H10ClNO2S2. The van der Waals surface area contributed by atoms with E-state index in [2.05, 4.69) is 17.2 Å². The molecule has 2 aromatic rings. The van der Waals surface area contributed by atoms with Gasteiger partial charge in [-0.25, -0.2) is 0 Å². The fraction of sp³-hybridized carbons (Fsp3) is 0.154. The Morgan fingerprint density at radius 1 is 1.47 bits per heavy atom. The third-order valence-electron chi connectivity index (χ3n) is 2.21. The SMILES string of the molecule is O=C(NCc1cc(C#CCO)cs1)c1sccc1Cl. The van der Waals surface area contributed by atoms with Crippen LogP contribution in [0.1, 0.15) is 20.1 Å². The second-order valence-corrected chi connectivity index (χ2v) is 5.86. The molecule has 6 heteroatoms. The number of carbonyl (C=O) groups is 1. The number of aliphatic hydroxyl groups excluding tert-OH is 1. The van der Waals surface area contributed by atoms with Crippen molar-refractivity contribution in [1.82, 2.24) is 5.32 Å². The monoisotopic (exact) mass is 311 g/mol. The van der Waals surface area contributed by atoms with Gasteiger partial charge < -0.3 is 10.4 Å². The largest absolute Gasteiger partial charge is 0.384 e. The van der Waals surface area contributed by atoms with Crippen LogP contribution in [-0.4, -0.2) is 17.6 Å². The van der Waals surface area contributed by atoms with Crippen LogP contribution in [0.15, 0.2) is 22.9 Å². The zero-order chi connectivity index (χ0) is 13.7. The van der Waals surface area contributed by atoms with Crippen molar-refractivity contribution in [2.45, 2.75) is 6.54 Å². The molecule has 0 spiro atoms. The van der Waals surface area contributed by atoms with Crippen LogP contribution in [0.2, 0.25) is 5.02 Å². The van der Waals surface area contributed by atoms with Gasteiger partial charge in [0.1, 0.15) is 11.5 Å². The zero-order valence-corrected chi connectivity index (χ0v) is 12.2. The lowest BCUT2D eigenvalue weighted by Crippen LogP contribution is -2.21. The van der Waals surface area contributed by atoms with E-state index >= 15 is 0 Å². The summed E-state index contributed by atoms with van der Waals surface area (Å²) in [6.07, 6.45) is 0. The maximum atomic E-state index is 11.8. The number of halogens is 1. The lowest BCUT2D eigenvalue weighted by atomic mass is 10.3. The number of thiophene rings is 2. The second-order valence-electron chi connectivity index (χ2n) is 3.54. The molecule has 2 heterocycles. The average Bonchev–Trinajstić information content (AvgIpc) is 3.02. The first-order chi connectivity index (χ1) is 9.20. The van der Waals surface area contributed by atoms with Crippen LogP contribution in [0.25, 0.3) is 0 Å². The normalized spacial score (nSPS) is 9.79. The number of carbonyl (C=O) groups excluding carboxylic acids is 1. The van der Waals surface area contributed by atoms with Gasteiger partial charge in [-0.1, -0.05) is 23.4 Å². The Labute approximate surface area is 123 Å². The first kappa shape index (κ1) is 14.1. The Morgan fingerprint density at radius 3 is 3.00 bits per heavy atom. The van der Waals surface area contributed by atoms with Gasteiger partial charge in [0.15, 0.2) is 0 Å². The molecule has 0 aliphatic heterocycles. The summed E-state index contributed by atoms with van der Waals surface area (Å²) in [5.74, 6) is 5.23. The zero-order valence-electron chi connectivity index (χ0n) is 9.77. The molecule has 19 heavy (non-hydrogen) atoms. The second kappa shape index (κ2) is 6.73. The van der Waals surface area contributed by atoms with Crippen LogP contribution in [0.3, 0.4) is 0 Å². The number of hydrogen-bond donors (Lipinski definition) is 2. The maximum absolute atomic E-state index is 11.8. The third kappa shape index (κ3) is 3.82. The van der Waals surface area contributed by atoms with Gasteiger partial charge in [-0.15, -0.1) is 22.7 Å². The standard InChI is InChI=1S/C13H10ClNO2S2/c14-11-3-5-18-12(11)13(17)15-7-10-6-9(8-19-10)2-1-4-16/h3,5-6,8,16H,4,7H2,(H,15,17). The number of hydrogen-bond acceptors (Lipinski definition) is 4. The lowest BCUT2D eigenvalue weighted by molar-refractivity contribution is 0.0955. The minimum atomic E-state index is -0.170. The molecule has 0 aliphatic carbocycles. The van der Waals surface area contributed by atoms with E-state index in [9.17, 15) is 4.79 Å². The quantitative estimate of drug-likeness (QED) is 0.856. The van der Waals surface area contributed by atoms with Crippen molar-refractivity contribution in [1.29, 1.82) is 0 Å². The highest BCUT2D eigenvalue weighted by molar-refractivity contribution is 7.12. The van der Waals surface area contributed by atoms with Gasteiger partial charge in [0.05, 0.1) is 11.6 Å². The Morgan fingerprint density at radius 2 is 2.32 bits per heavy atom. The van der Waals surface area contributed by atoms with Crippen LogP contribution in [-0.2, 0) is 6.54 Å². The van der Waals surface area contributed by atoms with E-state index in [0.717, 1.165) is 10.4 Å². The maximum Gasteiger partial charge on any atom is 0.263 e. The van der Waals surface area contributed by atoms with Crippen LogP contribution in [0.4, 0.5) is 0 Å². The molecule has 0 aliphatic rings. The lowest BCUT2D eigenvalue weighted by Gasteiger charge is -2.01. The van der Waals surface area contributed by atoms with Crippen molar-refractivity contribution in [3.05, 3.63) is 43.2 Å². The predicted octanol–water partition coefficient (Wildman–Crippen LogP) is 2.74. The summed E-state index contributed by atoms with van der Waals surface area (Å²) >= 11 is 8.72. The Kier molecular flexibility index (Phi) is 5.00. The molecule has 2 aromatic heterocycles. The minimum Gasteiger partial charge on any atom is -0.384 e. The molecule has 3 nitrogen and oxygen atoms in total. The highest BCUT2D eigenvalue weighted by Crippen LogP contribution is 2.22. The predicted molar refractivity (Wildman–Crippen MR) is 78.8 cm³/mol. The Hall–Kier alpha value is -1.32. The molecule has 98 valence electrons. The van der Waals surface area contributed by atoms with E-state index in [1.807, 2.05) is 11.4 Å². The van der Waals surface area contributed by atoms with Gasteiger partial charge in [0.2, 0.25) is 0 Å². The first-order valence-electron chi connectivity index (χ1n) is 5.39. The highest BCUT2D eigenvalue weighted by atomic mass is 35.5. The van der Waals surface area contributed by atoms with Crippen molar-refractivity contribution in [3.63, 3.8) is 0 Å². The molecule has 1 amide bonds. The van der Waals surface area contributed by atoms with Gasteiger partial charge in [0, 0.05) is 15.8 Å². The van der Waals surface area contributed by atoms with Crippen molar-refractivity contribution >= 4 is 40.2 Å². The summed E-state index contributed by atoms with van der Waals surface area (Å²) in [7, 11) is 0. The van der Waals surface area contributed by atoms with Crippen molar-refractivity contribution in [3.8, 4) is 11.8 Å². The molecule has 0 aromatic carbocycles. The Bertz CT molecular complexity index is 636. The van der Waals surface area contributed by atoms with Crippen molar-refractivity contribution in [2.24, 2.45) is 0 Å². The summed E-state index contributed by atoms with van der Waals surface area (Å²) in [4.78, 5) is 13.4.